The number of rotatable bonds is 3. The second-order valence-electron chi connectivity index (χ2n) is 5.27. The first kappa shape index (κ1) is 12.8. The van der Waals surface area contributed by atoms with Gasteiger partial charge in [-0.25, -0.2) is 9.78 Å². The number of hydrogen-bond acceptors (Lipinski definition) is 3. The summed E-state index contributed by atoms with van der Waals surface area (Å²) in [6.07, 6.45) is 6.11. The number of H-pyrrole nitrogens is 1. The van der Waals surface area contributed by atoms with Crippen molar-refractivity contribution in [1.29, 1.82) is 0 Å². The van der Waals surface area contributed by atoms with E-state index in [0.717, 1.165) is 24.2 Å². The normalized spacial score (nSPS) is 16.2. The van der Waals surface area contributed by atoms with Crippen LogP contribution >= 0.6 is 0 Å². The summed E-state index contributed by atoms with van der Waals surface area (Å²) in [6.45, 7) is 0. The molecule has 1 aromatic heterocycles. The van der Waals surface area contributed by atoms with Crippen molar-refractivity contribution in [1.82, 2.24) is 15.2 Å². The number of aromatic carboxylic acids is 1. The maximum atomic E-state index is 11.0. The van der Waals surface area contributed by atoms with E-state index in [-0.39, 0.29) is 5.56 Å². The van der Waals surface area contributed by atoms with Crippen LogP contribution in [0.15, 0.2) is 24.3 Å². The van der Waals surface area contributed by atoms with Gasteiger partial charge in [0.15, 0.2) is 5.82 Å². The van der Waals surface area contributed by atoms with Gasteiger partial charge < -0.3 is 5.11 Å². The Labute approximate surface area is 117 Å². The van der Waals surface area contributed by atoms with Crippen molar-refractivity contribution in [3.8, 4) is 11.4 Å². The predicted molar refractivity (Wildman–Crippen MR) is 74.6 cm³/mol. The van der Waals surface area contributed by atoms with E-state index in [1.165, 1.54) is 19.3 Å². The highest BCUT2D eigenvalue weighted by molar-refractivity contribution is 5.89. The monoisotopic (exact) mass is 271 g/mol. The average Bonchev–Trinajstić information content (AvgIpc) is 2.98. The number of nitrogens with zero attached hydrogens (tertiary/aromatic N) is 2. The van der Waals surface area contributed by atoms with Crippen LogP contribution in [0.1, 0.15) is 54.2 Å². The fourth-order valence-corrected chi connectivity index (χ4v) is 2.75. The lowest BCUT2D eigenvalue weighted by atomic mass is 9.89. The van der Waals surface area contributed by atoms with E-state index in [2.05, 4.69) is 15.2 Å². The summed E-state index contributed by atoms with van der Waals surface area (Å²) in [5.74, 6) is 1.04. The van der Waals surface area contributed by atoms with Gasteiger partial charge in [-0.1, -0.05) is 31.4 Å². The van der Waals surface area contributed by atoms with Crippen LogP contribution in [0.2, 0.25) is 0 Å². The van der Waals surface area contributed by atoms with Gasteiger partial charge in [-0.05, 0) is 25.0 Å². The van der Waals surface area contributed by atoms with Gasteiger partial charge in [-0.2, -0.15) is 5.10 Å². The van der Waals surface area contributed by atoms with Crippen molar-refractivity contribution >= 4 is 5.97 Å². The standard InChI is InChI=1S/C15H17N3O2/c19-15(20)12-8-4-7-11(9-12)14-16-13(17-18-14)10-5-2-1-3-6-10/h4,7-10H,1-3,5-6H2,(H,19,20)(H,16,17,18). The molecule has 2 N–H and O–H groups in total. The zero-order valence-electron chi connectivity index (χ0n) is 11.2. The number of carboxylic acid groups (broad SMARTS) is 1. The first-order valence-corrected chi connectivity index (χ1v) is 7.00. The molecule has 0 radical (unpaired) electrons. The highest BCUT2D eigenvalue weighted by atomic mass is 16.4. The van der Waals surface area contributed by atoms with E-state index in [1.807, 2.05) is 6.07 Å². The van der Waals surface area contributed by atoms with Gasteiger partial charge in [0.2, 0.25) is 0 Å². The van der Waals surface area contributed by atoms with Crippen LogP contribution in [0, 0.1) is 0 Å². The van der Waals surface area contributed by atoms with Crippen molar-refractivity contribution in [2.45, 2.75) is 38.0 Å². The molecule has 0 saturated heterocycles. The summed E-state index contributed by atoms with van der Waals surface area (Å²) in [6, 6.07) is 6.73. The molecule has 3 rings (SSSR count). The number of nitrogens with one attached hydrogen (secondary N) is 1. The van der Waals surface area contributed by atoms with Crippen LogP contribution in [0.25, 0.3) is 11.4 Å². The lowest BCUT2D eigenvalue weighted by Gasteiger charge is -2.18. The molecular weight excluding hydrogens is 254 g/mol. The molecule has 1 heterocycles. The average molecular weight is 271 g/mol. The molecule has 0 aliphatic heterocycles. The van der Waals surface area contributed by atoms with Crippen LogP contribution in [-0.2, 0) is 0 Å². The Bertz CT molecular complexity index is 615. The third kappa shape index (κ3) is 2.57. The molecule has 0 amide bonds. The Morgan fingerprint density at radius 3 is 2.80 bits per heavy atom. The highest BCUT2D eigenvalue weighted by Gasteiger charge is 2.19. The van der Waals surface area contributed by atoms with Crippen molar-refractivity contribution in [2.24, 2.45) is 0 Å². The Kier molecular flexibility index (Phi) is 3.50. The smallest absolute Gasteiger partial charge is 0.335 e. The molecule has 2 aromatic rings. The van der Waals surface area contributed by atoms with E-state index in [4.69, 9.17) is 5.11 Å². The van der Waals surface area contributed by atoms with Crippen molar-refractivity contribution in [2.75, 3.05) is 0 Å². The van der Waals surface area contributed by atoms with Gasteiger partial charge in [0.05, 0.1) is 5.56 Å². The van der Waals surface area contributed by atoms with Crippen molar-refractivity contribution in [3.05, 3.63) is 35.7 Å². The van der Waals surface area contributed by atoms with Crippen LogP contribution in [-0.4, -0.2) is 26.3 Å². The quantitative estimate of drug-likeness (QED) is 0.898. The maximum Gasteiger partial charge on any atom is 0.335 e. The van der Waals surface area contributed by atoms with Gasteiger partial charge in [0.1, 0.15) is 5.82 Å². The molecule has 0 spiro atoms. The summed E-state index contributed by atoms with van der Waals surface area (Å²) in [5, 5.41) is 16.3. The summed E-state index contributed by atoms with van der Waals surface area (Å²) in [7, 11) is 0. The van der Waals surface area contributed by atoms with E-state index < -0.39 is 5.97 Å². The molecular formula is C15H17N3O2. The second kappa shape index (κ2) is 5.45. The first-order valence-electron chi connectivity index (χ1n) is 7.00. The lowest BCUT2D eigenvalue weighted by molar-refractivity contribution is 0.0697. The molecule has 1 saturated carbocycles. The van der Waals surface area contributed by atoms with E-state index in [0.29, 0.717) is 11.7 Å². The molecule has 5 heteroatoms. The SMILES string of the molecule is O=C(O)c1cccc(-c2n[nH]c(C3CCCCC3)n2)c1. The number of carbonyl (C=O) groups is 1. The van der Waals surface area contributed by atoms with Crippen molar-refractivity contribution < 1.29 is 9.90 Å². The topological polar surface area (TPSA) is 78.9 Å². The zero-order chi connectivity index (χ0) is 13.9. The zero-order valence-corrected chi connectivity index (χ0v) is 11.2. The summed E-state index contributed by atoms with van der Waals surface area (Å²) >= 11 is 0. The Morgan fingerprint density at radius 1 is 1.25 bits per heavy atom. The van der Waals surface area contributed by atoms with Crippen LogP contribution in [0.4, 0.5) is 0 Å². The van der Waals surface area contributed by atoms with E-state index in [1.54, 1.807) is 18.2 Å². The number of aromatic nitrogens is 3. The van der Waals surface area contributed by atoms with Gasteiger partial charge in [0.25, 0.3) is 0 Å². The van der Waals surface area contributed by atoms with Crippen LogP contribution in [0.3, 0.4) is 0 Å². The fraction of sp³-hybridized carbons (Fsp3) is 0.400. The minimum atomic E-state index is -0.935. The molecule has 5 nitrogen and oxygen atoms in total. The largest absolute Gasteiger partial charge is 0.478 e. The van der Waals surface area contributed by atoms with Gasteiger partial charge in [-0.3, -0.25) is 5.10 Å². The fourth-order valence-electron chi connectivity index (χ4n) is 2.75. The molecule has 1 aliphatic rings. The summed E-state index contributed by atoms with van der Waals surface area (Å²) < 4.78 is 0. The molecule has 1 fully saturated rings. The molecule has 0 unspecified atom stereocenters. The highest BCUT2D eigenvalue weighted by Crippen LogP contribution is 2.31. The Hall–Kier alpha value is -2.17. The minimum Gasteiger partial charge on any atom is -0.478 e. The molecule has 0 atom stereocenters. The van der Waals surface area contributed by atoms with Crippen LogP contribution in [0.5, 0.6) is 0 Å². The maximum absolute atomic E-state index is 11.0. The third-order valence-corrected chi connectivity index (χ3v) is 3.86. The van der Waals surface area contributed by atoms with Gasteiger partial charge in [0, 0.05) is 11.5 Å². The minimum absolute atomic E-state index is 0.256. The molecule has 1 aromatic carbocycles. The van der Waals surface area contributed by atoms with E-state index >= 15 is 0 Å². The van der Waals surface area contributed by atoms with Gasteiger partial charge >= 0.3 is 5.97 Å². The van der Waals surface area contributed by atoms with E-state index in [9.17, 15) is 4.79 Å². The Balaban J connectivity index is 1.85. The Morgan fingerprint density at radius 2 is 2.05 bits per heavy atom. The predicted octanol–water partition coefficient (Wildman–Crippen LogP) is 3.22. The molecule has 20 heavy (non-hydrogen) atoms. The summed E-state index contributed by atoms with van der Waals surface area (Å²) in [5.41, 5.74) is 0.995. The number of hydrogen-bond donors (Lipinski definition) is 2. The van der Waals surface area contributed by atoms with Crippen LogP contribution < -0.4 is 0 Å². The molecule has 1 aliphatic carbocycles. The van der Waals surface area contributed by atoms with Gasteiger partial charge in [-0.15, -0.1) is 0 Å². The first-order chi connectivity index (χ1) is 9.74. The summed E-state index contributed by atoms with van der Waals surface area (Å²) in [4.78, 5) is 15.5. The number of aromatic amines is 1. The second-order valence-corrected chi connectivity index (χ2v) is 5.27. The molecule has 0 bridgehead atoms. The number of benzene rings is 1. The third-order valence-electron chi connectivity index (χ3n) is 3.86. The molecule has 104 valence electrons. The van der Waals surface area contributed by atoms with Crippen molar-refractivity contribution in [3.63, 3.8) is 0 Å². The lowest BCUT2D eigenvalue weighted by Crippen LogP contribution is -2.06. The number of carboxylic acids is 1.